The second-order valence-corrected chi connectivity index (χ2v) is 5.05. The molecule has 3 nitrogen and oxygen atoms in total. The number of likely N-dealkylation sites (tertiary alicyclic amines) is 1. The molecule has 0 spiro atoms. The van der Waals surface area contributed by atoms with Gasteiger partial charge in [0.05, 0.1) is 5.54 Å². The van der Waals surface area contributed by atoms with Gasteiger partial charge in [-0.25, -0.2) is 4.39 Å². The molecular formula is C11H22FN3. The first-order valence-electron chi connectivity index (χ1n) is 6.03. The third-order valence-corrected chi connectivity index (χ3v) is 3.73. The number of nitrogens with zero attached hydrogens (tertiary/aromatic N) is 1. The number of hydrogen-bond acceptors (Lipinski definition) is 3. The Hall–Kier alpha value is -0.190. The van der Waals surface area contributed by atoms with Crippen LogP contribution in [0.15, 0.2) is 0 Å². The fraction of sp³-hybridized carbons (Fsp3) is 1.00. The lowest BCUT2D eigenvalue weighted by Gasteiger charge is -2.43. The molecule has 3 N–H and O–H groups in total. The molecule has 0 aromatic rings. The highest BCUT2D eigenvalue weighted by Gasteiger charge is 2.34. The Morgan fingerprint density at radius 2 is 2.13 bits per heavy atom. The Morgan fingerprint density at radius 3 is 2.80 bits per heavy atom. The normalized spacial score (nSPS) is 35.6. The van der Waals surface area contributed by atoms with Gasteiger partial charge >= 0.3 is 0 Å². The summed E-state index contributed by atoms with van der Waals surface area (Å²) in [6.07, 6.45) is 4.25. The predicted octanol–water partition coefficient (Wildman–Crippen LogP) is 0.501. The van der Waals surface area contributed by atoms with Crippen LogP contribution in [0.4, 0.5) is 4.39 Å². The van der Waals surface area contributed by atoms with Crippen molar-refractivity contribution in [3.8, 4) is 0 Å². The molecule has 0 aliphatic carbocycles. The van der Waals surface area contributed by atoms with Gasteiger partial charge < -0.3 is 11.1 Å². The maximum atomic E-state index is 12.8. The zero-order valence-electron chi connectivity index (χ0n) is 9.34. The molecule has 2 aliphatic heterocycles. The lowest BCUT2D eigenvalue weighted by molar-refractivity contribution is 0.0752. The topological polar surface area (TPSA) is 41.3 Å². The van der Waals surface area contributed by atoms with Crippen molar-refractivity contribution in [1.29, 1.82) is 0 Å². The minimum atomic E-state index is -0.566. The minimum Gasteiger partial charge on any atom is -0.322 e. The summed E-state index contributed by atoms with van der Waals surface area (Å²) in [5, 5.41) is 3.36. The minimum absolute atomic E-state index is 0.380. The fourth-order valence-corrected chi connectivity index (χ4v) is 2.79. The average molecular weight is 215 g/mol. The molecule has 0 aromatic heterocycles. The molecule has 0 radical (unpaired) electrons. The molecule has 0 amide bonds. The molecule has 0 aromatic carbocycles. The van der Waals surface area contributed by atoms with Crippen molar-refractivity contribution in [2.24, 2.45) is 5.73 Å². The van der Waals surface area contributed by atoms with Crippen LogP contribution in [0.25, 0.3) is 0 Å². The van der Waals surface area contributed by atoms with Gasteiger partial charge in [0.15, 0.2) is 0 Å². The molecule has 2 saturated heterocycles. The van der Waals surface area contributed by atoms with Gasteiger partial charge in [0, 0.05) is 12.6 Å². The average Bonchev–Trinajstić information content (AvgIpc) is 2.30. The smallest absolute Gasteiger partial charge is 0.109 e. The molecular weight excluding hydrogens is 193 g/mol. The van der Waals surface area contributed by atoms with Crippen molar-refractivity contribution in [1.82, 2.24) is 10.2 Å². The lowest BCUT2D eigenvalue weighted by atomic mass is 9.89. The van der Waals surface area contributed by atoms with Gasteiger partial charge in [-0.3, -0.25) is 4.90 Å². The van der Waals surface area contributed by atoms with Gasteiger partial charge in [-0.1, -0.05) is 0 Å². The van der Waals surface area contributed by atoms with Crippen LogP contribution in [0.1, 0.15) is 25.7 Å². The first-order valence-corrected chi connectivity index (χ1v) is 6.03. The van der Waals surface area contributed by atoms with E-state index in [9.17, 15) is 4.39 Å². The highest BCUT2D eigenvalue weighted by Crippen LogP contribution is 2.23. The summed E-state index contributed by atoms with van der Waals surface area (Å²) in [5.74, 6) is 0. The van der Waals surface area contributed by atoms with Gasteiger partial charge in [0.25, 0.3) is 0 Å². The summed E-state index contributed by atoms with van der Waals surface area (Å²) in [5.41, 5.74) is 5.46. The van der Waals surface area contributed by atoms with Crippen molar-refractivity contribution in [2.45, 2.75) is 37.3 Å². The lowest BCUT2D eigenvalue weighted by Crippen LogP contribution is -2.59. The van der Waals surface area contributed by atoms with E-state index in [4.69, 9.17) is 5.73 Å². The summed E-state index contributed by atoms with van der Waals surface area (Å²) < 4.78 is 12.8. The summed E-state index contributed by atoms with van der Waals surface area (Å²) in [6.45, 7) is 3.65. The van der Waals surface area contributed by atoms with Gasteiger partial charge in [-0.15, -0.1) is 0 Å². The number of piperidine rings is 2. The van der Waals surface area contributed by atoms with Gasteiger partial charge in [-0.05, 0) is 45.3 Å². The maximum Gasteiger partial charge on any atom is 0.109 e. The van der Waals surface area contributed by atoms with E-state index in [1.165, 1.54) is 12.8 Å². The second-order valence-electron chi connectivity index (χ2n) is 5.05. The largest absolute Gasteiger partial charge is 0.322 e. The predicted molar refractivity (Wildman–Crippen MR) is 59.6 cm³/mol. The van der Waals surface area contributed by atoms with E-state index in [1.807, 2.05) is 0 Å². The molecule has 15 heavy (non-hydrogen) atoms. The standard InChI is InChI=1S/C11H22FN3/c12-8-11(13)4-1-7-15(9-11)10-2-5-14-6-3-10/h10,14H,1-9,13H2. The summed E-state index contributed by atoms with van der Waals surface area (Å²) >= 11 is 0. The van der Waals surface area contributed by atoms with Crippen LogP contribution in [0.5, 0.6) is 0 Å². The van der Waals surface area contributed by atoms with Crippen molar-refractivity contribution in [3.63, 3.8) is 0 Å². The Kier molecular flexibility index (Phi) is 3.59. The molecule has 2 fully saturated rings. The van der Waals surface area contributed by atoms with Crippen molar-refractivity contribution in [2.75, 3.05) is 32.9 Å². The number of alkyl halides is 1. The van der Waals surface area contributed by atoms with E-state index >= 15 is 0 Å². The van der Waals surface area contributed by atoms with Crippen LogP contribution >= 0.6 is 0 Å². The van der Waals surface area contributed by atoms with Crippen LogP contribution < -0.4 is 11.1 Å². The van der Waals surface area contributed by atoms with E-state index in [2.05, 4.69) is 10.2 Å². The Balaban J connectivity index is 1.91. The molecule has 88 valence electrons. The number of hydrogen-bond donors (Lipinski definition) is 2. The number of rotatable bonds is 2. The van der Waals surface area contributed by atoms with Crippen LogP contribution in [-0.4, -0.2) is 49.3 Å². The zero-order valence-corrected chi connectivity index (χ0v) is 9.34. The van der Waals surface area contributed by atoms with Gasteiger partial charge in [-0.2, -0.15) is 0 Å². The maximum absolute atomic E-state index is 12.8. The summed E-state index contributed by atoms with van der Waals surface area (Å²) in [7, 11) is 0. The first kappa shape index (κ1) is 11.3. The molecule has 1 atom stereocenters. The van der Waals surface area contributed by atoms with Crippen LogP contribution in [0.2, 0.25) is 0 Å². The molecule has 0 bridgehead atoms. The SMILES string of the molecule is NC1(CF)CCCN(C2CCNCC2)C1. The van der Waals surface area contributed by atoms with Crippen LogP contribution in [-0.2, 0) is 0 Å². The fourth-order valence-electron chi connectivity index (χ4n) is 2.79. The van der Waals surface area contributed by atoms with E-state index in [-0.39, 0.29) is 6.67 Å². The quantitative estimate of drug-likeness (QED) is 0.705. The molecule has 1 unspecified atom stereocenters. The molecule has 4 heteroatoms. The molecule has 2 heterocycles. The second kappa shape index (κ2) is 4.76. The van der Waals surface area contributed by atoms with Gasteiger partial charge in [0.2, 0.25) is 0 Å². The van der Waals surface area contributed by atoms with Crippen molar-refractivity contribution in [3.05, 3.63) is 0 Å². The van der Waals surface area contributed by atoms with Crippen molar-refractivity contribution < 1.29 is 4.39 Å². The number of halogens is 1. The van der Waals surface area contributed by atoms with Crippen molar-refractivity contribution >= 4 is 0 Å². The molecule has 0 saturated carbocycles. The van der Waals surface area contributed by atoms with Gasteiger partial charge in [0.1, 0.15) is 6.67 Å². The van der Waals surface area contributed by atoms with E-state index in [0.717, 1.165) is 39.0 Å². The molecule has 2 aliphatic rings. The monoisotopic (exact) mass is 215 g/mol. The Labute approximate surface area is 91.2 Å². The van der Waals surface area contributed by atoms with E-state index in [1.54, 1.807) is 0 Å². The third kappa shape index (κ3) is 2.68. The van der Waals surface area contributed by atoms with Crippen LogP contribution in [0.3, 0.4) is 0 Å². The number of nitrogens with one attached hydrogen (secondary N) is 1. The highest BCUT2D eigenvalue weighted by molar-refractivity contribution is 4.94. The summed E-state index contributed by atoms with van der Waals surface area (Å²) in [6, 6.07) is 0.626. The summed E-state index contributed by atoms with van der Waals surface area (Å²) in [4.78, 5) is 2.41. The van der Waals surface area contributed by atoms with Crippen LogP contribution in [0, 0.1) is 0 Å². The number of nitrogens with two attached hydrogens (primary N) is 1. The third-order valence-electron chi connectivity index (χ3n) is 3.73. The van der Waals surface area contributed by atoms with E-state index < -0.39 is 5.54 Å². The van der Waals surface area contributed by atoms with E-state index in [0.29, 0.717) is 6.04 Å². The Bertz CT molecular complexity index is 206. The zero-order chi connectivity index (χ0) is 10.7. The highest BCUT2D eigenvalue weighted by atomic mass is 19.1. The Morgan fingerprint density at radius 1 is 1.40 bits per heavy atom. The molecule has 2 rings (SSSR count). The first-order chi connectivity index (χ1) is 7.23.